The molecule has 2 aliphatic rings. The van der Waals surface area contributed by atoms with Crippen LogP contribution in [0.4, 0.5) is 0 Å². The Morgan fingerprint density at radius 3 is 1.56 bits per heavy atom. The molecule has 0 unspecified atom stereocenters. The Morgan fingerprint density at radius 1 is 0.674 bits per heavy atom. The molecule has 2 saturated carbocycles. The number of nitrogens with one attached hydrogen (secondary N) is 2. The molecule has 2 fully saturated rings. The van der Waals surface area contributed by atoms with Gasteiger partial charge < -0.3 is 39.4 Å². The zero-order valence-corrected chi connectivity index (χ0v) is 25.4. The number of carbonyl (C=O) groups is 4. The largest absolute Gasteiger partial charge is 0.469 e. The highest BCUT2D eigenvalue weighted by Gasteiger charge is 2.28. The molecule has 0 saturated heterocycles. The maximum Gasteiger partial charge on any atom is 0.308 e. The van der Waals surface area contributed by atoms with Crippen molar-refractivity contribution in [1.29, 1.82) is 0 Å². The third kappa shape index (κ3) is 15.3. The third-order valence-corrected chi connectivity index (χ3v) is 7.44. The van der Waals surface area contributed by atoms with Gasteiger partial charge in [-0.25, -0.2) is 0 Å². The van der Waals surface area contributed by atoms with Gasteiger partial charge in [0.25, 0.3) is 0 Å². The minimum Gasteiger partial charge on any atom is -0.469 e. The summed E-state index contributed by atoms with van der Waals surface area (Å²) in [6.07, 6.45) is 6.16. The number of rotatable bonds is 15. The van der Waals surface area contributed by atoms with Gasteiger partial charge in [0, 0.05) is 12.1 Å². The van der Waals surface area contributed by atoms with E-state index >= 15 is 0 Å². The summed E-state index contributed by atoms with van der Waals surface area (Å²) in [5, 5.41) is 14.3. The van der Waals surface area contributed by atoms with Crippen molar-refractivity contribution in [3.05, 3.63) is 35.9 Å². The van der Waals surface area contributed by atoms with E-state index in [1.54, 1.807) is 0 Å². The van der Waals surface area contributed by atoms with Gasteiger partial charge in [-0.2, -0.15) is 0 Å². The van der Waals surface area contributed by atoms with E-state index in [1.165, 1.54) is 14.2 Å². The van der Waals surface area contributed by atoms with E-state index in [1.807, 2.05) is 30.3 Å². The number of aliphatic hydroxyl groups is 1. The average Bonchev–Trinajstić information content (AvgIpc) is 3.03. The molecular weight excluding hydrogens is 560 g/mol. The maximum absolute atomic E-state index is 11.9. The second-order valence-corrected chi connectivity index (χ2v) is 10.6. The summed E-state index contributed by atoms with van der Waals surface area (Å²) in [7, 11) is 2.81. The lowest BCUT2D eigenvalue weighted by Crippen LogP contribution is -2.40. The Balaban J connectivity index is 0.000000317. The van der Waals surface area contributed by atoms with E-state index in [-0.39, 0.29) is 74.1 Å². The van der Waals surface area contributed by atoms with Crippen LogP contribution in [0, 0.1) is 11.8 Å². The topological polar surface area (TPSA) is 159 Å². The molecule has 3 N–H and O–H groups in total. The van der Waals surface area contributed by atoms with Crippen LogP contribution in [0.2, 0.25) is 0 Å². The molecule has 1 aromatic carbocycles. The second-order valence-electron chi connectivity index (χ2n) is 10.6. The Kier molecular flexibility index (Phi) is 18.2. The van der Waals surface area contributed by atoms with E-state index in [0.29, 0.717) is 19.8 Å². The lowest BCUT2D eigenvalue weighted by molar-refractivity contribution is -0.147. The fourth-order valence-electron chi connectivity index (χ4n) is 5.10. The number of amides is 2. The first-order chi connectivity index (χ1) is 20.9. The van der Waals surface area contributed by atoms with Crippen LogP contribution in [0.3, 0.4) is 0 Å². The summed E-state index contributed by atoms with van der Waals surface area (Å²) < 4.78 is 25.2. The highest BCUT2D eigenvalue weighted by atomic mass is 16.5. The molecule has 0 atom stereocenters. The molecule has 242 valence electrons. The van der Waals surface area contributed by atoms with Crippen LogP contribution in [0.25, 0.3) is 0 Å². The molecule has 2 amide bonds. The lowest BCUT2D eigenvalue weighted by atomic mass is 9.86. The summed E-state index contributed by atoms with van der Waals surface area (Å²) in [4.78, 5) is 46.1. The Morgan fingerprint density at radius 2 is 1.12 bits per heavy atom. The fraction of sp³-hybridized carbons (Fsp3) is 0.677. The first-order valence-corrected chi connectivity index (χ1v) is 15.0. The number of aliphatic hydroxyl groups excluding tert-OH is 1. The van der Waals surface area contributed by atoms with Gasteiger partial charge >= 0.3 is 11.9 Å². The Bertz CT molecular complexity index is 945. The van der Waals surface area contributed by atoms with Crippen molar-refractivity contribution < 1.29 is 48.0 Å². The van der Waals surface area contributed by atoms with E-state index in [4.69, 9.17) is 28.8 Å². The smallest absolute Gasteiger partial charge is 0.308 e. The normalized spacial score (nSPS) is 21.5. The summed E-state index contributed by atoms with van der Waals surface area (Å²) in [6, 6.07) is 10.1. The summed E-state index contributed by atoms with van der Waals surface area (Å²) in [5.74, 6) is -0.672. The van der Waals surface area contributed by atoms with Gasteiger partial charge in [-0.3, -0.25) is 19.2 Å². The molecule has 2 aliphatic carbocycles. The molecule has 3 rings (SSSR count). The highest BCUT2D eigenvalue weighted by Crippen LogP contribution is 2.26. The van der Waals surface area contributed by atoms with Gasteiger partial charge in [-0.1, -0.05) is 30.3 Å². The summed E-state index contributed by atoms with van der Waals surface area (Å²) in [6.45, 7) is 1.46. The monoisotopic (exact) mass is 608 g/mol. The molecule has 0 aliphatic heterocycles. The van der Waals surface area contributed by atoms with Crippen molar-refractivity contribution in [3.63, 3.8) is 0 Å². The molecule has 0 spiro atoms. The van der Waals surface area contributed by atoms with Crippen molar-refractivity contribution in [3.8, 4) is 0 Å². The first-order valence-electron chi connectivity index (χ1n) is 15.0. The number of hydrogen-bond donors (Lipinski definition) is 3. The maximum atomic E-state index is 11.9. The van der Waals surface area contributed by atoms with Crippen LogP contribution in [0.5, 0.6) is 0 Å². The fourth-order valence-corrected chi connectivity index (χ4v) is 5.10. The van der Waals surface area contributed by atoms with Crippen LogP contribution < -0.4 is 10.6 Å². The van der Waals surface area contributed by atoms with Crippen molar-refractivity contribution >= 4 is 23.8 Å². The van der Waals surface area contributed by atoms with E-state index in [2.05, 4.69) is 10.6 Å². The standard InChI is InChI=1S/C19H27NO5.C12H21NO5/c1-23-19(22)16-7-9-17(10-8-16)20-18(21)14-25-12-11-24-13-15-5-3-2-4-6-15;1-17-12(16)9-2-4-10(5-3-9)13-11(15)8-18-7-6-14/h2-6,16-17H,7-14H2,1H3,(H,20,21);9-10,14H,2-8H2,1H3,(H,13,15). The highest BCUT2D eigenvalue weighted by molar-refractivity contribution is 5.78. The van der Waals surface area contributed by atoms with E-state index in [9.17, 15) is 19.2 Å². The molecule has 0 heterocycles. The quantitative estimate of drug-likeness (QED) is 0.198. The second kappa shape index (κ2) is 21.6. The van der Waals surface area contributed by atoms with Gasteiger partial charge in [0.1, 0.15) is 13.2 Å². The van der Waals surface area contributed by atoms with Crippen molar-refractivity contribution in [1.82, 2.24) is 10.6 Å². The summed E-state index contributed by atoms with van der Waals surface area (Å²) >= 11 is 0. The van der Waals surface area contributed by atoms with Gasteiger partial charge in [-0.05, 0) is 56.9 Å². The van der Waals surface area contributed by atoms with Gasteiger partial charge in [0.05, 0.1) is 59.1 Å². The van der Waals surface area contributed by atoms with Crippen LogP contribution >= 0.6 is 0 Å². The van der Waals surface area contributed by atoms with Gasteiger partial charge in [0.2, 0.25) is 11.8 Å². The third-order valence-electron chi connectivity index (χ3n) is 7.44. The molecular formula is C31H48N2O10. The number of ether oxygens (including phenoxy) is 5. The van der Waals surface area contributed by atoms with E-state index < -0.39 is 0 Å². The molecule has 0 aromatic heterocycles. The Hall–Kier alpha value is -3.06. The molecule has 0 bridgehead atoms. The molecule has 12 nitrogen and oxygen atoms in total. The first kappa shape index (κ1) is 36.1. The molecule has 12 heteroatoms. The predicted molar refractivity (Wildman–Crippen MR) is 157 cm³/mol. The van der Waals surface area contributed by atoms with Crippen molar-refractivity contribution in [2.24, 2.45) is 11.8 Å². The zero-order valence-electron chi connectivity index (χ0n) is 25.4. The predicted octanol–water partition coefficient (Wildman–Crippen LogP) is 1.91. The van der Waals surface area contributed by atoms with Crippen molar-refractivity contribution in [2.75, 3.05) is 53.9 Å². The molecule has 43 heavy (non-hydrogen) atoms. The number of carbonyl (C=O) groups excluding carboxylic acids is 4. The number of esters is 2. The zero-order chi connectivity index (χ0) is 31.3. The molecule has 0 radical (unpaired) electrons. The van der Waals surface area contributed by atoms with Crippen LogP contribution in [0.1, 0.15) is 56.9 Å². The number of benzene rings is 1. The lowest BCUT2D eigenvalue weighted by Gasteiger charge is -2.27. The number of methoxy groups -OCH3 is 2. The molecule has 1 aromatic rings. The van der Waals surface area contributed by atoms with Crippen LogP contribution in [-0.4, -0.2) is 94.8 Å². The SMILES string of the molecule is COC(=O)C1CCC(NC(=O)COCCO)CC1.COC(=O)C1CCC(NC(=O)COCCOCc2ccccc2)CC1. The minimum atomic E-state index is -0.176. The Labute approximate surface area is 254 Å². The average molecular weight is 609 g/mol. The van der Waals surface area contributed by atoms with Gasteiger partial charge in [0.15, 0.2) is 0 Å². The van der Waals surface area contributed by atoms with Gasteiger partial charge in [-0.15, -0.1) is 0 Å². The minimum absolute atomic E-state index is 0.0303. The van der Waals surface area contributed by atoms with E-state index in [0.717, 1.165) is 56.9 Å². The number of hydrogen-bond acceptors (Lipinski definition) is 10. The van der Waals surface area contributed by atoms with Crippen molar-refractivity contribution in [2.45, 2.75) is 70.1 Å². The van der Waals surface area contributed by atoms with Crippen LogP contribution in [-0.2, 0) is 49.5 Å². The van der Waals surface area contributed by atoms with Crippen LogP contribution in [0.15, 0.2) is 30.3 Å². The summed E-state index contributed by atoms with van der Waals surface area (Å²) in [5.41, 5.74) is 1.11.